The number of benzene rings is 3. The lowest BCUT2D eigenvalue weighted by Crippen LogP contribution is -2.31. The van der Waals surface area contributed by atoms with Crippen molar-refractivity contribution in [3.05, 3.63) is 77.3 Å². The molecule has 0 radical (unpaired) electrons. The Kier molecular flexibility index (Phi) is 7.97. The number of sulfonamides is 1. The highest BCUT2D eigenvalue weighted by Gasteiger charge is 2.22. The van der Waals surface area contributed by atoms with Crippen molar-refractivity contribution >= 4 is 55.8 Å². The minimum atomic E-state index is -4.12. The van der Waals surface area contributed by atoms with Crippen LogP contribution in [0.15, 0.2) is 71.6 Å². The lowest BCUT2D eigenvalue weighted by atomic mass is 9.92. The molecule has 3 N–H and O–H groups in total. The van der Waals surface area contributed by atoms with Crippen molar-refractivity contribution in [3.63, 3.8) is 0 Å². The summed E-state index contributed by atoms with van der Waals surface area (Å²) < 4.78 is 34.8. The van der Waals surface area contributed by atoms with Crippen LogP contribution in [-0.2, 0) is 10.0 Å². The first-order chi connectivity index (χ1) is 18.8. The Morgan fingerprint density at radius 2 is 1.82 bits per heavy atom. The zero-order chi connectivity index (χ0) is 27.4. The minimum absolute atomic E-state index is 0.0161. The molecule has 1 aliphatic rings. The molecule has 1 atom stereocenters. The molecule has 1 fully saturated rings. The van der Waals surface area contributed by atoms with Gasteiger partial charge in [0.05, 0.1) is 33.7 Å². The van der Waals surface area contributed by atoms with Crippen molar-refractivity contribution < 1.29 is 17.9 Å². The van der Waals surface area contributed by atoms with Crippen LogP contribution in [-0.4, -0.2) is 44.4 Å². The average molecular weight is 566 g/mol. The number of piperidine rings is 1. The molecule has 1 aromatic heterocycles. The highest BCUT2D eigenvalue weighted by Crippen LogP contribution is 2.33. The van der Waals surface area contributed by atoms with E-state index in [-0.39, 0.29) is 28.2 Å². The summed E-state index contributed by atoms with van der Waals surface area (Å²) in [5, 5.41) is 6.78. The first-order valence-corrected chi connectivity index (χ1v) is 14.4. The Morgan fingerprint density at radius 1 is 1.05 bits per heavy atom. The van der Waals surface area contributed by atoms with E-state index in [1.165, 1.54) is 19.2 Å². The first kappa shape index (κ1) is 26.9. The topological polar surface area (TPSA) is 122 Å². The molecule has 2 heterocycles. The van der Waals surface area contributed by atoms with Crippen molar-refractivity contribution in [2.24, 2.45) is 5.92 Å². The Hall–Kier alpha value is -3.73. The largest absolute Gasteiger partial charge is 0.497 e. The molecule has 11 heteroatoms. The van der Waals surface area contributed by atoms with Crippen molar-refractivity contribution in [3.8, 4) is 5.75 Å². The summed E-state index contributed by atoms with van der Waals surface area (Å²) in [6.07, 6.45) is 2.38. The number of halogens is 1. The number of nitrogens with zero attached hydrogens (tertiary/aromatic N) is 2. The molecule has 0 amide bonds. The number of anilines is 3. The number of hydrogen-bond acceptors (Lipinski definition) is 8. The maximum Gasteiger partial charge on any atom is 0.263 e. The second-order valence-electron chi connectivity index (χ2n) is 9.35. The van der Waals surface area contributed by atoms with Crippen molar-refractivity contribution in [1.29, 1.82) is 0 Å². The number of nitrogens with one attached hydrogen (secondary N) is 3. The van der Waals surface area contributed by atoms with E-state index in [0.717, 1.165) is 25.9 Å². The second-order valence-corrected chi connectivity index (χ2v) is 11.4. The van der Waals surface area contributed by atoms with Gasteiger partial charge >= 0.3 is 0 Å². The SMILES string of the molecule is COc1ccc(Cl)c(Nc2nc3ccccc3nc2NS(=O)(=O)c2cccc(C(=O)CC3CCCNC3)c2)c1. The molecule has 5 rings (SSSR count). The number of Topliss-reactive ketones (excluding diaryl/α,β-unsaturated/α-hetero) is 1. The normalized spacial score (nSPS) is 15.6. The molecule has 0 saturated carbocycles. The quantitative estimate of drug-likeness (QED) is 0.230. The molecule has 9 nitrogen and oxygen atoms in total. The third kappa shape index (κ3) is 6.30. The number of ether oxygens (including phenoxy) is 1. The number of rotatable bonds is 9. The lowest BCUT2D eigenvalue weighted by Gasteiger charge is -2.22. The molecule has 1 saturated heterocycles. The maximum absolute atomic E-state index is 13.5. The van der Waals surface area contributed by atoms with Crippen molar-refractivity contribution in [1.82, 2.24) is 15.3 Å². The average Bonchev–Trinajstić information content (AvgIpc) is 2.95. The van der Waals surface area contributed by atoms with Crippen LogP contribution in [0.5, 0.6) is 5.75 Å². The van der Waals surface area contributed by atoms with Gasteiger partial charge in [0.1, 0.15) is 5.75 Å². The molecule has 0 bridgehead atoms. The summed E-state index contributed by atoms with van der Waals surface area (Å²) in [5.74, 6) is 0.862. The molecule has 202 valence electrons. The number of hydrogen-bond donors (Lipinski definition) is 3. The maximum atomic E-state index is 13.5. The monoisotopic (exact) mass is 565 g/mol. The number of para-hydroxylation sites is 2. The van der Waals surface area contributed by atoms with Gasteiger partial charge in [0.15, 0.2) is 17.4 Å². The molecule has 4 aromatic rings. The van der Waals surface area contributed by atoms with E-state index in [4.69, 9.17) is 16.3 Å². The first-order valence-electron chi connectivity index (χ1n) is 12.6. The Bertz CT molecular complexity index is 1620. The highest BCUT2D eigenvalue weighted by molar-refractivity contribution is 7.92. The number of ketones is 1. The minimum Gasteiger partial charge on any atom is -0.497 e. The molecular formula is C28H28ClN5O4S. The molecule has 0 spiro atoms. The summed E-state index contributed by atoms with van der Waals surface area (Å²) in [6.45, 7) is 1.75. The van der Waals surface area contributed by atoms with E-state index < -0.39 is 10.0 Å². The van der Waals surface area contributed by atoms with E-state index in [1.807, 2.05) is 6.07 Å². The van der Waals surface area contributed by atoms with E-state index in [0.29, 0.717) is 39.5 Å². The molecular weight excluding hydrogens is 538 g/mol. The third-order valence-electron chi connectivity index (χ3n) is 6.57. The van der Waals surface area contributed by atoms with Crippen LogP contribution in [0.2, 0.25) is 5.02 Å². The summed E-state index contributed by atoms with van der Waals surface area (Å²) >= 11 is 6.38. The van der Waals surface area contributed by atoms with Crippen LogP contribution in [0.3, 0.4) is 0 Å². The van der Waals surface area contributed by atoms with Gasteiger partial charge in [-0.05, 0) is 68.2 Å². The van der Waals surface area contributed by atoms with Gasteiger partial charge in [-0.2, -0.15) is 0 Å². The van der Waals surface area contributed by atoms with Crippen LogP contribution in [0.4, 0.5) is 17.3 Å². The van der Waals surface area contributed by atoms with Crippen LogP contribution in [0.1, 0.15) is 29.6 Å². The van der Waals surface area contributed by atoms with Gasteiger partial charge in [-0.1, -0.05) is 35.9 Å². The molecule has 1 aliphatic heterocycles. The lowest BCUT2D eigenvalue weighted by molar-refractivity contribution is 0.0953. The van der Waals surface area contributed by atoms with Crippen LogP contribution < -0.4 is 20.1 Å². The molecule has 3 aromatic carbocycles. The third-order valence-corrected chi connectivity index (χ3v) is 8.23. The highest BCUT2D eigenvalue weighted by atomic mass is 35.5. The fraction of sp³-hybridized carbons (Fsp3) is 0.250. The predicted molar refractivity (Wildman–Crippen MR) is 153 cm³/mol. The van der Waals surface area contributed by atoms with Gasteiger partial charge in [-0.25, -0.2) is 18.4 Å². The van der Waals surface area contributed by atoms with E-state index in [1.54, 1.807) is 48.5 Å². The molecule has 39 heavy (non-hydrogen) atoms. The van der Waals surface area contributed by atoms with Crippen molar-refractivity contribution in [2.45, 2.75) is 24.2 Å². The fourth-order valence-electron chi connectivity index (χ4n) is 4.51. The predicted octanol–water partition coefficient (Wildman–Crippen LogP) is 5.41. The summed E-state index contributed by atoms with van der Waals surface area (Å²) in [6, 6.07) is 18.2. The zero-order valence-corrected chi connectivity index (χ0v) is 22.8. The van der Waals surface area contributed by atoms with Gasteiger partial charge in [0.25, 0.3) is 10.0 Å². The molecule has 1 unspecified atom stereocenters. The van der Waals surface area contributed by atoms with Gasteiger partial charge in [-0.15, -0.1) is 0 Å². The summed E-state index contributed by atoms with van der Waals surface area (Å²) in [4.78, 5) is 22.0. The Labute approximate surface area is 232 Å². The fourth-order valence-corrected chi connectivity index (χ4v) is 5.73. The second kappa shape index (κ2) is 11.6. The number of methoxy groups -OCH3 is 1. The van der Waals surface area contributed by atoms with E-state index in [9.17, 15) is 13.2 Å². The van der Waals surface area contributed by atoms with Gasteiger partial charge in [-0.3, -0.25) is 9.52 Å². The molecule has 0 aliphatic carbocycles. The standard InChI is InChI=1S/C28H28ClN5O4S/c1-38-20-11-12-22(29)25(16-20)33-27-28(32-24-10-3-2-9-23(24)31-27)34-39(36,37)21-8-4-7-19(15-21)26(35)14-18-6-5-13-30-17-18/h2-4,7-12,15-16,18,30H,5-6,13-14,17H2,1H3,(H,31,33)(H,32,34). The van der Waals surface area contributed by atoms with Gasteiger partial charge < -0.3 is 15.4 Å². The number of carbonyl (C=O) groups is 1. The Balaban J connectivity index is 1.46. The number of carbonyl (C=O) groups excluding carboxylic acids is 1. The number of fused-ring (bicyclic) bond motifs is 1. The van der Waals surface area contributed by atoms with Crippen molar-refractivity contribution in [2.75, 3.05) is 30.2 Å². The van der Waals surface area contributed by atoms with E-state index in [2.05, 4.69) is 25.3 Å². The van der Waals surface area contributed by atoms with Gasteiger partial charge in [0.2, 0.25) is 0 Å². The van der Waals surface area contributed by atoms with Gasteiger partial charge in [0, 0.05) is 18.1 Å². The number of aromatic nitrogens is 2. The summed E-state index contributed by atoms with van der Waals surface area (Å²) in [7, 11) is -2.59. The zero-order valence-electron chi connectivity index (χ0n) is 21.3. The Morgan fingerprint density at radius 3 is 2.54 bits per heavy atom. The summed E-state index contributed by atoms with van der Waals surface area (Å²) in [5.41, 5.74) is 1.88. The van der Waals surface area contributed by atoms with E-state index >= 15 is 0 Å². The van der Waals surface area contributed by atoms with Crippen LogP contribution in [0.25, 0.3) is 11.0 Å². The van der Waals surface area contributed by atoms with Crippen LogP contribution >= 0.6 is 11.6 Å². The van der Waals surface area contributed by atoms with Crippen LogP contribution in [0, 0.1) is 5.92 Å². The smallest absolute Gasteiger partial charge is 0.263 e.